The van der Waals surface area contributed by atoms with E-state index in [4.69, 9.17) is 32.9 Å². The van der Waals surface area contributed by atoms with E-state index < -0.39 is 7.60 Å². The van der Waals surface area contributed by atoms with Crippen molar-refractivity contribution in [3.8, 4) is 5.75 Å². The standard InChI is InChI=1S/C30H53O9P/c1-3-5-6-7-8-9-10-11-13-27-14-15-29(30(24-27)40(31,32)39-4-2)38-26-28-25-36-21-20-34-17-12-16-33-18-19-35-22-23-37-28/h14-15,24,28H,3-13,16-23,25-26H2,1-2H3,(H,31,32). The van der Waals surface area contributed by atoms with Crippen molar-refractivity contribution in [2.75, 3.05) is 72.7 Å². The number of aryl methyl sites for hydroxylation is 1. The van der Waals surface area contributed by atoms with Crippen LogP contribution in [0.2, 0.25) is 0 Å². The van der Waals surface area contributed by atoms with Gasteiger partial charge in [0, 0.05) is 13.2 Å². The van der Waals surface area contributed by atoms with Gasteiger partial charge in [-0.25, -0.2) is 0 Å². The molecule has 0 bridgehead atoms. The van der Waals surface area contributed by atoms with Crippen molar-refractivity contribution < 1.29 is 42.4 Å². The SMILES string of the molecule is CCCCCCCCCCc1ccc(OCC2COCCOCCCOCCOCCO2)c(P(=O)(O)OCC)c1. The summed E-state index contributed by atoms with van der Waals surface area (Å²) in [5, 5.41) is 0.192. The summed E-state index contributed by atoms with van der Waals surface area (Å²) in [7, 11) is -4.04. The van der Waals surface area contributed by atoms with E-state index in [1.54, 1.807) is 19.1 Å². The number of unbranched alkanes of at least 4 members (excludes halogenated alkanes) is 7. The van der Waals surface area contributed by atoms with E-state index in [0.717, 1.165) is 31.2 Å². The van der Waals surface area contributed by atoms with Crippen molar-refractivity contribution in [1.82, 2.24) is 0 Å². The Labute approximate surface area is 241 Å². The molecule has 0 spiro atoms. The van der Waals surface area contributed by atoms with Crippen molar-refractivity contribution in [3.05, 3.63) is 23.8 Å². The van der Waals surface area contributed by atoms with Crippen LogP contribution in [-0.2, 0) is 39.2 Å². The molecule has 1 N–H and O–H groups in total. The lowest BCUT2D eigenvalue weighted by atomic mass is 10.0. The zero-order valence-electron chi connectivity index (χ0n) is 24.8. The summed E-state index contributed by atoms with van der Waals surface area (Å²) in [6.45, 7) is 8.55. The van der Waals surface area contributed by atoms with Crippen molar-refractivity contribution in [3.63, 3.8) is 0 Å². The molecule has 2 atom stereocenters. The Morgan fingerprint density at radius 1 is 0.825 bits per heavy atom. The second-order valence-electron chi connectivity index (χ2n) is 10.0. The van der Waals surface area contributed by atoms with Crippen LogP contribution in [0.5, 0.6) is 5.75 Å². The largest absolute Gasteiger partial charge is 0.490 e. The lowest BCUT2D eigenvalue weighted by molar-refractivity contribution is -0.0684. The van der Waals surface area contributed by atoms with E-state index in [-0.39, 0.29) is 24.6 Å². The molecule has 2 rings (SSSR count). The number of hydrogen-bond acceptors (Lipinski definition) is 8. The van der Waals surface area contributed by atoms with Crippen molar-refractivity contribution >= 4 is 12.9 Å². The molecule has 1 aliphatic rings. The minimum Gasteiger partial charge on any atom is -0.490 e. The highest BCUT2D eigenvalue weighted by Crippen LogP contribution is 2.44. The lowest BCUT2D eigenvalue weighted by Crippen LogP contribution is -2.30. The average molecular weight is 589 g/mol. The highest BCUT2D eigenvalue weighted by Gasteiger charge is 2.28. The normalized spacial score (nSPS) is 20.1. The first kappa shape index (κ1) is 35.2. The fourth-order valence-corrected chi connectivity index (χ4v) is 5.62. The van der Waals surface area contributed by atoms with Crippen LogP contribution in [0.4, 0.5) is 0 Å². The summed E-state index contributed by atoms with van der Waals surface area (Å²) in [6.07, 6.45) is 11.2. The van der Waals surface area contributed by atoms with E-state index in [1.807, 2.05) is 6.07 Å². The summed E-state index contributed by atoms with van der Waals surface area (Å²) in [5.41, 5.74) is 1.01. The lowest BCUT2D eigenvalue weighted by Gasteiger charge is -2.21. The predicted octanol–water partition coefficient (Wildman–Crippen LogP) is 5.45. The van der Waals surface area contributed by atoms with Crippen molar-refractivity contribution in [2.45, 2.75) is 84.2 Å². The molecule has 1 fully saturated rings. The summed E-state index contributed by atoms with van der Waals surface area (Å²) in [4.78, 5) is 10.7. The Morgan fingerprint density at radius 2 is 1.45 bits per heavy atom. The third kappa shape index (κ3) is 15.8. The van der Waals surface area contributed by atoms with Gasteiger partial charge in [0.05, 0.1) is 52.9 Å². The fraction of sp³-hybridized carbons (Fsp3) is 0.800. The molecule has 10 heteroatoms. The van der Waals surface area contributed by atoms with Gasteiger partial charge in [-0.2, -0.15) is 0 Å². The molecular formula is C30H53O9P. The Hall–Kier alpha value is -1.03. The van der Waals surface area contributed by atoms with Gasteiger partial charge >= 0.3 is 7.60 Å². The minimum absolute atomic E-state index is 0.127. The molecule has 1 aromatic carbocycles. The molecule has 0 radical (unpaired) electrons. The van der Waals surface area contributed by atoms with Crippen LogP contribution in [0.3, 0.4) is 0 Å². The molecule has 0 saturated carbocycles. The first-order valence-corrected chi connectivity index (χ1v) is 16.8. The Morgan fingerprint density at radius 3 is 2.15 bits per heavy atom. The zero-order valence-corrected chi connectivity index (χ0v) is 25.7. The van der Waals surface area contributed by atoms with E-state index in [1.165, 1.54) is 38.5 Å². The third-order valence-corrected chi connectivity index (χ3v) is 8.15. The van der Waals surface area contributed by atoms with Gasteiger partial charge in [0.25, 0.3) is 0 Å². The summed E-state index contributed by atoms with van der Waals surface area (Å²) < 4.78 is 52.7. The van der Waals surface area contributed by atoms with Crippen LogP contribution in [0.25, 0.3) is 0 Å². The summed E-state index contributed by atoms with van der Waals surface area (Å²) in [5.74, 6) is 0.325. The zero-order chi connectivity index (χ0) is 28.7. The second kappa shape index (κ2) is 22.6. The number of hydrogen-bond donors (Lipinski definition) is 1. The van der Waals surface area contributed by atoms with Crippen LogP contribution in [0, 0.1) is 0 Å². The second-order valence-corrected chi connectivity index (χ2v) is 11.8. The first-order valence-electron chi connectivity index (χ1n) is 15.2. The minimum atomic E-state index is -4.04. The third-order valence-electron chi connectivity index (χ3n) is 6.58. The van der Waals surface area contributed by atoms with Gasteiger partial charge in [-0.15, -0.1) is 0 Å². The topological polar surface area (TPSA) is 102 Å². The molecule has 232 valence electrons. The summed E-state index contributed by atoms with van der Waals surface area (Å²) >= 11 is 0. The molecule has 0 aromatic heterocycles. The van der Waals surface area contributed by atoms with Gasteiger partial charge in [-0.1, -0.05) is 57.9 Å². The van der Waals surface area contributed by atoms with Gasteiger partial charge in [-0.3, -0.25) is 4.57 Å². The van der Waals surface area contributed by atoms with Crippen LogP contribution in [0.1, 0.15) is 77.2 Å². The number of ether oxygens (including phenoxy) is 6. The molecule has 2 unspecified atom stereocenters. The maximum absolute atomic E-state index is 13.1. The molecule has 0 aliphatic carbocycles. The monoisotopic (exact) mass is 588 g/mol. The quantitative estimate of drug-likeness (QED) is 0.212. The van der Waals surface area contributed by atoms with Crippen LogP contribution < -0.4 is 10.0 Å². The van der Waals surface area contributed by atoms with Crippen LogP contribution >= 0.6 is 7.60 Å². The highest BCUT2D eigenvalue weighted by atomic mass is 31.2. The molecule has 1 saturated heterocycles. The molecule has 1 aromatic rings. The number of benzene rings is 1. The van der Waals surface area contributed by atoms with Gasteiger partial charge in [0.15, 0.2) is 0 Å². The Balaban J connectivity index is 1.95. The molecule has 40 heavy (non-hydrogen) atoms. The van der Waals surface area contributed by atoms with E-state index in [9.17, 15) is 9.46 Å². The van der Waals surface area contributed by atoms with E-state index in [0.29, 0.717) is 65.2 Å². The average Bonchev–Trinajstić information content (AvgIpc) is 2.94. The Kier molecular flexibility index (Phi) is 19.8. The maximum atomic E-state index is 13.1. The predicted molar refractivity (Wildman–Crippen MR) is 157 cm³/mol. The van der Waals surface area contributed by atoms with Crippen molar-refractivity contribution in [1.29, 1.82) is 0 Å². The molecule has 9 nitrogen and oxygen atoms in total. The first-order chi connectivity index (χ1) is 19.6. The van der Waals surface area contributed by atoms with E-state index >= 15 is 0 Å². The van der Waals surface area contributed by atoms with Crippen LogP contribution in [-0.4, -0.2) is 83.7 Å². The molecule has 1 heterocycles. The smallest absolute Gasteiger partial charge is 0.362 e. The van der Waals surface area contributed by atoms with Gasteiger partial charge in [0.2, 0.25) is 0 Å². The van der Waals surface area contributed by atoms with Crippen molar-refractivity contribution in [2.24, 2.45) is 0 Å². The maximum Gasteiger partial charge on any atom is 0.362 e. The van der Waals surface area contributed by atoms with Crippen LogP contribution in [0.15, 0.2) is 18.2 Å². The van der Waals surface area contributed by atoms with Gasteiger partial charge in [-0.05, 0) is 43.9 Å². The fourth-order valence-electron chi connectivity index (χ4n) is 4.39. The van der Waals surface area contributed by atoms with E-state index in [2.05, 4.69) is 6.92 Å². The molecular weight excluding hydrogens is 535 g/mol. The van der Waals surface area contributed by atoms with Gasteiger partial charge in [0.1, 0.15) is 23.8 Å². The van der Waals surface area contributed by atoms with Gasteiger partial charge < -0.3 is 37.8 Å². The summed E-state index contributed by atoms with van der Waals surface area (Å²) in [6, 6.07) is 5.50. The molecule has 1 aliphatic heterocycles. The number of rotatable bonds is 15. The highest BCUT2D eigenvalue weighted by molar-refractivity contribution is 7.61. The Bertz CT molecular complexity index is 791. The molecule has 0 amide bonds.